The van der Waals surface area contributed by atoms with Gasteiger partial charge in [0.15, 0.2) is 11.6 Å². The Morgan fingerprint density at radius 3 is 2.69 bits per heavy atom. The molecule has 0 saturated heterocycles. The lowest BCUT2D eigenvalue weighted by atomic mass is 10.1. The van der Waals surface area contributed by atoms with Crippen molar-refractivity contribution in [1.29, 1.82) is 0 Å². The summed E-state index contributed by atoms with van der Waals surface area (Å²) in [6.45, 7) is 0.512. The largest absolute Gasteiger partial charge is 0.492 e. The smallest absolute Gasteiger partial charge is 0.168 e. The van der Waals surface area contributed by atoms with Crippen LogP contribution in [0.4, 0.5) is 4.39 Å². The topological polar surface area (TPSA) is 35.2 Å². The lowest BCUT2D eigenvalue weighted by Gasteiger charge is -2.06. The molecule has 0 amide bonds. The first-order valence-corrected chi connectivity index (χ1v) is 4.70. The normalized spacial score (nSPS) is 10.2. The lowest BCUT2D eigenvalue weighted by molar-refractivity contribution is 0.383. The molecule has 13 heavy (non-hydrogen) atoms. The number of nitrogens with two attached hydrogens (primary N) is 1. The number of methoxy groups -OCH3 is 1. The van der Waals surface area contributed by atoms with Gasteiger partial charge in [-0.05, 0) is 46.6 Å². The van der Waals surface area contributed by atoms with Gasteiger partial charge in [-0.1, -0.05) is 0 Å². The van der Waals surface area contributed by atoms with Crippen LogP contribution in [0.25, 0.3) is 0 Å². The summed E-state index contributed by atoms with van der Waals surface area (Å²) in [5, 5.41) is 0. The van der Waals surface area contributed by atoms with Crippen molar-refractivity contribution in [2.75, 3.05) is 13.7 Å². The monoisotopic (exact) mass is 247 g/mol. The third-order valence-electron chi connectivity index (χ3n) is 1.70. The maximum absolute atomic E-state index is 13.2. The Bertz CT molecular complexity index is 281. The lowest BCUT2D eigenvalue weighted by Crippen LogP contribution is -2.03. The zero-order chi connectivity index (χ0) is 9.84. The molecule has 0 atom stereocenters. The highest BCUT2D eigenvalue weighted by molar-refractivity contribution is 9.10. The van der Waals surface area contributed by atoms with Crippen molar-refractivity contribution in [3.63, 3.8) is 0 Å². The van der Waals surface area contributed by atoms with Crippen LogP contribution in [-0.4, -0.2) is 13.7 Å². The van der Waals surface area contributed by atoms with Crippen LogP contribution in [0.3, 0.4) is 0 Å². The van der Waals surface area contributed by atoms with Crippen molar-refractivity contribution < 1.29 is 9.13 Å². The first-order chi connectivity index (χ1) is 6.19. The summed E-state index contributed by atoms with van der Waals surface area (Å²) in [6, 6.07) is 3.26. The SMILES string of the molecule is COc1c(F)cc(CCN)cc1Br. The minimum Gasteiger partial charge on any atom is -0.492 e. The fraction of sp³-hybridized carbons (Fsp3) is 0.333. The Morgan fingerprint density at radius 2 is 2.23 bits per heavy atom. The average Bonchev–Trinajstić information content (AvgIpc) is 2.04. The number of hydrogen-bond donors (Lipinski definition) is 1. The summed E-state index contributed by atoms with van der Waals surface area (Å²) in [4.78, 5) is 0. The Morgan fingerprint density at radius 1 is 1.54 bits per heavy atom. The molecule has 0 aliphatic heterocycles. The van der Waals surface area contributed by atoms with Gasteiger partial charge in [-0.25, -0.2) is 4.39 Å². The average molecular weight is 248 g/mol. The molecular formula is C9H11BrFNO. The predicted octanol–water partition coefficient (Wildman–Crippen LogP) is 2.10. The van der Waals surface area contributed by atoms with Crippen molar-refractivity contribution in [2.24, 2.45) is 5.73 Å². The number of rotatable bonds is 3. The summed E-state index contributed by atoms with van der Waals surface area (Å²) in [5.41, 5.74) is 6.23. The Kier molecular flexibility index (Phi) is 3.69. The quantitative estimate of drug-likeness (QED) is 0.888. The van der Waals surface area contributed by atoms with Crippen molar-refractivity contribution in [1.82, 2.24) is 0 Å². The molecule has 0 aliphatic carbocycles. The van der Waals surface area contributed by atoms with E-state index in [4.69, 9.17) is 10.5 Å². The molecule has 1 aromatic carbocycles. The number of hydrogen-bond acceptors (Lipinski definition) is 2. The molecule has 0 bridgehead atoms. The summed E-state index contributed by atoms with van der Waals surface area (Å²) in [7, 11) is 1.44. The molecule has 4 heteroatoms. The molecule has 0 radical (unpaired) electrons. The summed E-state index contributed by atoms with van der Waals surface area (Å²) in [5.74, 6) is -0.124. The third kappa shape index (κ3) is 2.42. The standard InChI is InChI=1S/C9H11BrFNO/c1-13-9-7(10)4-6(2-3-12)5-8(9)11/h4-5H,2-3,12H2,1H3. The molecule has 0 heterocycles. The van der Waals surface area contributed by atoms with E-state index in [1.165, 1.54) is 13.2 Å². The summed E-state index contributed by atoms with van der Waals surface area (Å²) in [6.07, 6.45) is 0.666. The van der Waals surface area contributed by atoms with Gasteiger partial charge in [-0.15, -0.1) is 0 Å². The number of ether oxygens (including phenoxy) is 1. The van der Waals surface area contributed by atoms with Crippen LogP contribution >= 0.6 is 15.9 Å². The molecule has 0 fully saturated rings. The van der Waals surface area contributed by atoms with E-state index in [-0.39, 0.29) is 11.6 Å². The molecule has 0 aromatic heterocycles. The second-order valence-corrected chi connectivity index (χ2v) is 3.49. The highest BCUT2D eigenvalue weighted by Gasteiger charge is 2.08. The predicted molar refractivity (Wildman–Crippen MR) is 53.4 cm³/mol. The second kappa shape index (κ2) is 4.58. The third-order valence-corrected chi connectivity index (χ3v) is 2.28. The van der Waals surface area contributed by atoms with Gasteiger partial charge in [-0.3, -0.25) is 0 Å². The van der Waals surface area contributed by atoms with Crippen LogP contribution in [0.1, 0.15) is 5.56 Å². The van der Waals surface area contributed by atoms with Gasteiger partial charge < -0.3 is 10.5 Å². The zero-order valence-electron chi connectivity index (χ0n) is 7.31. The fourth-order valence-electron chi connectivity index (χ4n) is 1.12. The molecule has 0 saturated carbocycles. The molecule has 2 N–H and O–H groups in total. The number of benzene rings is 1. The van der Waals surface area contributed by atoms with E-state index in [1.807, 2.05) is 6.07 Å². The highest BCUT2D eigenvalue weighted by atomic mass is 79.9. The summed E-state index contributed by atoms with van der Waals surface area (Å²) < 4.78 is 18.7. The van der Waals surface area contributed by atoms with Crippen LogP contribution in [0, 0.1) is 5.82 Å². The minimum absolute atomic E-state index is 0.237. The molecule has 2 nitrogen and oxygen atoms in total. The molecule has 1 rings (SSSR count). The van der Waals surface area contributed by atoms with Crippen LogP contribution in [-0.2, 0) is 6.42 Å². The first-order valence-electron chi connectivity index (χ1n) is 3.91. The molecular weight excluding hydrogens is 237 g/mol. The van der Waals surface area contributed by atoms with Crippen LogP contribution < -0.4 is 10.5 Å². The Labute approximate surface area is 85.0 Å². The van der Waals surface area contributed by atoms with Gasteiger partial charge >= 0.3 is 0 Å². The Balaban J connectivity index is 3.05. The van der Waals surface area contributed by atoms with Crippen LogP contribution in [0.15, 0.2) is 16.6 Å². The van der Waals surface area contributed by atoms with Crippen LogP contribution in [0.2, 0.25) is 0 Å². The fourth-order valence-corrected chi connectivity index (χ4v) is 1.76. The van der Waals surface area contributed by atoms with Gasteiger partial charge in [0, 0.05) is 0 Å². The van der Waals surface area contributed by atoms with E-state index < -0.39 is 0 Å². The van der Waals surface area contributed by atoms with E-state index in [2.05, 4.69) is 15.9 Å². The maximum atomic E-state index is 13.2. The molecule has 72 valence electrons. The van der Waals surface area contributed by atoms with Gasteiger partial charge in [-0.2, -0.15) is 0 Å². The number of halogens is 2. The minimum atomic E-state index is -0.361. The molecule has 1 aromatic rings. The maximum Gasteiger partial charge on any atom is 0.168 e. The molecule has 0 spiro atoms. The van der Waals surface area contributed by atoms with Crippen molar-refractivity contribution in [3.05, 3.63) is 28.0 Å². The van der Waals surface area contributed by atoms with Gasteiger partial charge in [0.05, 0.1) is 11.6 Å². The Hall–Kier alpha value is -0.610. The van der Waals surface area contributed by atoms with Crippen LogP contribution in [0.5, 0.6) is 5.75 Å². The summed E-state index contributed by atoms with van der Waals surface area (Å²) >= 11 is 3.22. The second-order valence-electron chi connectivity index (χ2n) is 2.63. The van der Waals surface area contributed by atoms with Crippen molar-refractivity contribution >= 4 is 15.9 Å². The van der Waals surface area contributed by atoms with Gasteiger partial charge in [0.1, 0.15) is 0 Å². The first kappa shape index (κ1) is 10.5. The van der Waals surface area contributed by atoms with E-state index in [0.29, 0.717) is 17.4 Å². The van der Waals surface area contributed by atoms with E-state index in [1.54, 1.807) is 0 Å². The molecule has 0 aliphatic rings. The molecule has 0 unspecified atom stereocenters. The van der Waals surface area contributed by atoms with E-state index in [0.717, 1.165) is 5.56 Å². The zero-order valence-corrected chi connectivity index (χ0v) is 8.90. The van der Waals surface area contributed by atoms with E-state index in [9.17, 15) is 4.39 Å². The van der Waals surface area contributed by atoms with E-state index >= 15 is 0 Å². The van der Waals surface area contributed by atoms with Crippen molar-refractivity contribution in [3.8, 4) is 5.75 Å². The van der Waals surface area contributed by atoms with Gasteiger partial charge in [0.25, 0.3) is 0 Å². The van der Waals surface area contributed by atoms with Gasteiger partial charge in [0.2, 0.25) is 0 Å². The van der Waals surface area contributed by atoms with Crippen molar-refractivity contribution in [2.45, 2.75) is 6.42 Å². The highest BCUT2D eigenvalue weighted by Crippen LogP contribution is 2.29.